The second-order valence-corrected chi connectivity index (χ2v) is 7.41. The molecule has 0 fully saturated rings. The molecule has 0 heterocycles. The van der Waals surface area contributed by atoms with Gasteiger partial charge in [0.2, 0.25) is 0 Å². The van der Waals surface area contributed by atoms with E-state index in [-0.39, 0.29) is 12.0 Å². The molecule has 0 saturated heterocycles. The van der Waals surface area contributed by atoms with E-state index in [9.17, 15) is 4.79 Å². The van der Waals surface area contributed by atoms with Gasteiger partial charge < -0.3 is 10.1 Å². The molecule has 0 radical (unpaired) electrons. The van der Waals surface area contributed by atoms with Gasteiger partial charge in [0.05, 0.1) is 11.7 Å². The fourth-order valence-electron chi connectivity index (χ4n) is 2.53. The zero-order valence-corrected chi connectivity index (χ0v) is 16.1. The molecule has 0 aliphatic heterocycles. The number of hydrogen-bond donors (Lipinski definition) is 1. The number of carbonyl (C=O) groups is 1. The molecule has 134 valence electrons. The van der Waals surface area contributed by atoms with Gasteiger partial charge in [-0.2, -0.15) is 0 Å². The molecule has 1 N–H and O–H groups in total. The van der Waals surface area contributed by atoms with Gasteiger partial charge in [-0.25, -0.2) is 0 Å². The van der Waals surface area contributed by atoms with Crippen molar-refractivity contribution in [2.24, 2.45) is 0 Å². The number of carbonyl (C=O) groups excluding carboxylic acids is 1. The Balaban J connectivity index is 1.78. The number of hydrogen-bond acceptors (Lipinski definition) is 3. The van der Waals surface area contributed by atoms with Crippen molar-refractivity contribution in [3.63, 3.8) is 0 Å². The molecule has 1 amide bonds. The summed E-state index contributed by atoms with van der Waals surface area (Å²) in [5.41, 5.74) is 2.02. The predicted molar refractivity (Wildman–Crippen MR) is 106 cm³/mol. The third-order valence-electron chi connectivity index (χ3n) is 3.65. The molecule has 0 spiro atoms. The third-order valence-corrected chi connectivity index (χ3v) is 4.61. The third kappa shape index (κ3) is 6.46. The van der Waals surface area contributed by atoms with Crippen LogP contribution in [0.25, 0.3) is 0 Å². The number of ether oxygens (including phenoxy) is 1. The van der Waals surface area contributed by atoms with Crippen LogP contribution in [-0.2, 0) is 6.42 Å². The van der Waals surface area contributed by atoms with Crippen LogP contribution in [0.4, 0.5) is 0 Å². The zero-order chi connectivity index (χ0) is 18.1. The molecule has 3 nitrogen and oxygen atoms in total. The summed E-state index contributed by atoms with van der Waals surface area (Å²) in [7, 11) is 0. The largest absolute Gasteiger partial charge is 0.491 e. The molecule has 0 atom stereocenters. The lowest BCUT2D eigenvalue weighted by molar-refractivity contribution is 0.0950. The Hall–Kier alpha value is -1.94. The molecular weight excluding hydrogens is 330 g/mol. The van der Waals surface area contributed by atoms with Gasteiger partial charge in [0, 0.05) is 11.4 Å². The van der Waals surface area contributed by atoms with Crippen LogP contribution >= 0.6 is 11.8 Å². The molecule has 25 heavy (non-hydrogen) atoms. The van der Waals surface area contributed by atoms with E-state index in [0.29, 0.717) is 6.54 Å². The van der Waals surface area contributed by atoms with Gasteiger partial charge >= 0.3 is 0 Å². The average molecular weight is 358 g/mol. The Labute approximate surface area is 155 Å². The molecule has 0 saturated carbocycles. The number of aryl methyl sites for hydroxylation is 1. The van der Waals surface area contributed by atoms with Crippen molar-refractivity contribution in [3.8, 4) is 5.75 Å². The van der Waals surface area contributed by atoms with Crippen molar-refractivity contribution >= 4 is 17.7 Å². The Morgan fingerprint density at radius 1 is 1.12 bits per heavy atom. The van der Waals surface area contributed by atoms with Crippen molar-refractivity contribution in [2.45, 2.75) is 44.6 Å². The molecule has 2 aromatic rings. The van der Waals surface area contributed by atoms with Crippen LogP contribution in [0, 0.1) is 0 Å². The van der Waals surface area contributed by atoms with E-state index in [2.05, 4.69) is 24.4 Å². The van der Waals surface area contributed by atoms with E-state index < -0.39 is 0 Å². The Bertz CT molecular complexity index is 668. The molecule has 2 aromatic carbocycles. The van der Waals surface area contributed by atoms with E-state index in [1.165, 1.54) is 5.56 Å². The number of amides is 1. The lowest BCUT2D eigenvalue weighted by Crippen LogP contribution is -2.25. The van der Waals surface area contributed by atoms with Crippen molar-refractivity contribution in [1.82, 2.24) is 5.32 Å². The van der Waals surface area contributed by atoms with Crippen LogP contribution in [-0.4, -0.2) is 24.3 Å². The molecule has 0 unspecified atom stereocenters. The summed E-state index contributed by atoms with van der Waals surface area (Å²) >= 11 is 1.70. The fraction of sp³-hybridized carbons (Fsp3) is 0.381. The Kier molecular flexibility index (Phi) is 7.86. The van der Waals surface area contributed by atoms with Crippen LogP contribution in [0.2, 0.25) is 0 Å². The first-order chi connectivity index (χ1) is 12.1. The van der Waals surface area contributed by atoms with Gasteiger partial charge in [0.15, 0.2) is 0 Å². The monoisotopic (exact) mass is 357 g/mol. The second-order valence-electron chi connectivity index (χ2n) is 6.10. The van der Waals surface area contributed by atoms with Crippen molar-refractivity contribution in [2.75, 3.05) is 12.3 Å². The van der Waals surface area contributed by atoms with Crippen LogP contribution in [0.1, 0.15) is 43.1 Å². The molecule has 0 aliphatic carbocycles. The minimum atomic E-state index is 0.0113. The van der Waals surface area contributed by atoms with Gasteiger partial charge in [0.1, 0.15) is 5.75 Å². The Morgan fingerprint density at radius 3 is 2.52 bits per heavy atom. The van der Waals surface area contributed by atoms with E-state index in [0.717, 1.165) is 34.8 Å². The molecule has 0 bridgehead atoms. The number of rotatable bonds is 9. The quantitative estimate of drug-likeness (QED) is 0.510. The number of benzene rings is 2. The fourth-order valence-corrected chi connectivity index (χ4v) is 3.33. The lowest BCUT2D eigenvalue weighted by atomic mass is 10.1. The maximum atomic E-state index is 12.4. The molecule has 2 rings (SSSR count). The van der Waals surface area contributed by atoms with Crippen LogP contribution in [0.3, 0.4) is 0 Å². The smallest absolute Gasteiger partial charge is 0.252 e. The summed E-state index contributed by atoms with van der Waals surface area (Å²) < 4.78 is 5.65. The highest BCUT2D eigenvalue weighted by Crippen LogP contribution is 2.22. The van der Waals surface area contributed by atoms with Gasteiger partial charge in [-0.05, 0) is 62.3 Å². The number of thioether (sulfide) groups is 1. The van der Waals surface area contributed by atoms with Gasteiger partial charge in [0.25, 0.3) is 5.91 Å². The van der Waals surface area contributed by atoms with E-state index >= 15 is 0 Å². The Morgan fingerprint density at radius 2 is 1.84 bits per heavy atom. The van der Waals surface area contributed by atoms with Crippen LogP contribution < -0.4 is 10.1 Å². The highest BCUT2D eigenvalue weighted by Gasteiger charge is 2.10. The molecule has 0 aromatic heterocycles. The summed E-state index contributed by atoms with van der Waals surface area (Å²) in [4.78, 5) is 13.4. The lowest BCUT2D eigenvalue weighted by Gasteiger charge is -2.11. The first-order valence-electron chi connectivity index (χ1n) is 8.85. The van der Waals surface area contributed by atoms with E-state index in [1.54, 1.807) is 11.8 Å². The van der Waals surface area contributed by atoms with Gasteiger partial charge in [-0.3, -0.25) is 4.79 Å². The van der Waals surface area contributed by atoms with Crippen molar-refractivity contribution in [3.05, 3.63) is 59.7 Å². The van der Waals surface area contributed by atoms with E-state index in [1.807, 2.05) is 50.2 Å². The minimum absolute atomic E-state index is 0.0113. The molecule has 0 aliphatic rings. The summed E-state index contributed by atoms with van der Waals surface area (Å²) in [5.74, 6) is 1.87. The predicted octanol–water partition coefficient (Wildman–Crippen LogP) is 4.95. The number of nitrogens with one attached hydrogen (secondary N) is 1. The van der Waals surface area contributed by atoms with E-state index in [4.69, 9.17) is 4.74 Å². The highest BCUT2D eigenvalue weighted by atomic mass is 32.2. The summed E-state index contributed by atoms with van der Waals surface area (Å²) in [6.45, 7) is 6.81. The van der Waals surface area contributed by atoms with Gasteiger partial charge in [-0.1, -0.05) is 31.2 Å². The average Bonchev–Trinajstić information content (AvgIpc) is 2.60. The normalized spacial score (nSPS) is 10.7. The van der Waals surface area contributed by atoms with Crippen molar-refractivity contribution < 1.29 is 9.53 Å². The van der Waals surface area contributed by atoms with Gasteiger partial charge in [-0.15, -0.1) is 11.8 Å². The summed E-state index contributed by atoms with van der Waals surface area (Å²) in [5, 5.41) is 3.03. The van der Waals surface area contributed by atoms with Crippen LogP contribution in [0.15, 0.2) is 53.4 Å². The summed E-state index contributed by atoms with van der Waals surface area (Å²) in [6, 6.07) is 16.0. The highest BCUT2D eigenvalue weighted by molar-refractivity contribution is 7.99. The maximum Gasteiger partial charge on any atom is 0.252 e. The first kappa shape index (κ1) is 19.4. The van der Waals surface area contributed by atoms with Crippen LogP contribution in [0.5, 0.6) is 5.75 Å². The van der Waals surface area contributed by atoms with Crippen molar-refractivity contribution in [1.29, 1.82) is 0 Å². The SMILES string of the molecule is CCSc1ccccc1C(=O)NCCCc1ccc(OC(C)C)cc1. The first-order valence-corrected chi connectivity index (χ1v) is 9.84. The standard InChI is InChI=1S/C21H27NO2S/c1-4-25-20-10-6-5-9-19(20)21(23)22-15-7-8-17-11-13-18(14-12-17)24-16(2)3/h5-6,9-14,16H,4,7-8,15H2,1-3H3,(H,22,23). The minimum Gasteiger partial charge on any atom is -0.491 e. The maximum absolute atomic E-state index is 12.4. The topological polar surface area (TPSA) is 38.3 Å². The molecule has 4 heteroatoms. The molecular formula is C21H27NO2S. The summed E-state index contributed by atoms with van der Waals surface area (Å²) in [6.07, 6.45) is 2.04. The second kappa shape index (κ2) is 10.1. The zero-order valence-electron chi connectivity index (χ0n) is 15.2.